The highest BCUT2D eigenvalue weighted by Gasteiger charge is 2.19. The highest BCUT2D eigenvalue weighted by Crippen LogP contribution is 2.23. The summed E-state index contributed by atoms with van der Waals surface area (Å²) < 4.78 is 32.7. The van der Waals surface area contributed by atoms with E-state index in [1.165, 1.54) is 0 Å². The van der Waals surface area contributed by atoms with Crippen LogP contribution in [-0.4, -0.2) is 28.2 Å². The first-order valence-electron chi connectivity index (χ1n) is 7.07. The van der Waals surface area contributed by atoms with Crippen molar-refractivity contribution in [1.82, 2.24) is 4.72 Å². The molecule has 0 fully saturated rings. The van der Waals surface area contributed by atoms with Crippen LogP contribution >= 0.6 is 0 Å². The van der Waals surface area contributed by atoms with Crippen molar-refractivity contribution in [2.45, 2.75) is 38.5 Å². The second-order valence-corrected chi connectivity index (χ2v) is 6.65. The standard InChI is InChI=1S/C14H25N3O3S/c1-4-7-20-8-5-6-16-21(18,19)14-11(2)9-13(17-15)10-12(14)3/h9-10,16-17H,4-8,15H2,1-3H3. The molecule has 1 aromatic rings. The van der Waals surface area contributed by atoms with E-state index in [0.717, 1.165) is 6.42 Å². The second-order valence-electron chi connectivity index (χ2n) is 4.95. The first kappa shape index (κ1) is 17.9. The van der Waals surface area contributed by atoms with Crippen molar-refractivity contribution in [2.24, 2.45) is 5.84 Å². The van der Waals surface area contributed by atoms with Crippen LogP contribution in [-0.2, 0) is 14.8 Å². The fourth-order valence-corrected chi connectivity index (χ4v) is 3.68. The molecule has 120 valence electrons. The van der Waals surface area contributed by atoms with Gasteiger partial charge in [-0.2, -0.15) is 0 Å². The summed E-state index contributed by atoms with van der Waals surface area (Å²) in [5, 5.41) is 0. The highest BCUT2D eigenvalue weighted by molar-refractivity contribution is 7.89. The Hall–Kier alpha value is -1.15. The first-order chi connectivity index (χ1) is 9.92. The van der Waals surface area contributed by atoms with Gasteiger partial charge in [0.1, 0.15) is 0 Å². The summed E-state index contributed by atoms with van der Waals surface area (Å²) in [6, 6.07) is 3.43. The van der Waals surface area contributed by atoms with E-state index in [4.69, 9.17) is 10.6 Å². The number of hydrogen-bond donors (Lipinski definition) is 3. The quantitative estimate of drug-likeness (QED) is 0.366. The number of aryl methyl sites for hydroxylation is 2. The Morgan fingerprint density at radius 3 is 2.33 bits per heavy atom. The molecule has 0 saturated carbocycles. The van der Waals surface area contributed by atoms with Crippen LogP contribution in [0.3, 0.4) is 0 Å². The molecule has 0 spiro atoms. The van der Waals surface area contributed by atoms with Crippen LogP contribution in [0.4, 0.5) is 5.69 Å². The van der Waals surface area contributed by atoms with E-state index in [9.17, 15) is 8.42 Å². The minimum atomic E-state index is -3.51. The van der Waals surface area contributed by atoms with Gasteiger partial charge in [-0.15, -0.1) is 0 Å². The molecule has 0 amide bonds. The smallest absolute Gasteiger partial charge is 0.241 e. The molecule has 21 heavy (non-hydrogen) atoms. The van der Waals surface area contributed by atoms with E-state index >= 15 is 0 Å². The second kappa shape index (κ2) is 8.33. The summed E-state index contributed by atoms with van der Waals surface area (Å²) in [5.74, 6) is 5.36. The van der Waals surface area contributed by atoms with Crippen LogP contribution in [0.5, 0.6) is 0 Å². The zero-order chi connectivity index (χ0) is 15.9. The van der Waals surface area contributed by atoms with Gasteiger partial charge in [0.05, 0.1) is 4.90 Å². The molecule has 0 saturated heterocycles. The Balaban J connectivity index is 2.70. The van der Waals surface area contributed by atoms with Crippen molar-refractivity contribution in [3.63, 3.8) is 0 Å². The average molecular weight is 315 g/mol. The maximum atomic E-state index is 12.4. The molecule has 0 aliphatic heterocycles. The minimum Gasteiger partial charge on any atom is -0.381 e. The molecule has 0 radical (unpaired) electrons. The third-order valence-corrected chi connectivity index (χ3v) is 4.77. The Morgan fingerprint density at radius 2 is 1.81 bits per heavy atom. The third kappa shape index (κ3) is 5.28. The lowest BCUT2D eigenvalue weighted by Crippen LogP contribution is -2.27. The van der Waals surface area contributed by atoms with E-state index in [1.54, 1.807) is 26.0 Å². The van der Waals surface area contributed by atoms with Gasteiger partial charge in [-0.1, -0.05) is 6.92 Å². The number of hydrogen-bond acceptors (Lipinski definition) is 5. The first-order valence-corrected chi connectivity index (χ1v) is 8.56. The number of nitrogen functional groups attached to an aromatic ring is 1. The summed E-state index contributed by atoms with van der Waals surface area (Å²) in [4.78, 5) is 0.316. The zero-order valence-corrected chi connectivity index (χ0v) is 13.7. The summed E-state index contributed by atoms with van der Waals surface area (Å²) >= 11 is 0. The van der Waals surface area contributed by atoms with Crippen LogP contribution in [0, 0.1) is 13.8 Å². The van der Waals surface area contributed by atoms with Gasteiger partial charge in [0.2, 0.25) is 10.0 Å². The van der Waals surface area contributed by atoms with Gasteiger partial charge in [0.15, 0.2) is 0 Å². The molecular weight excluding hydrogens is 290 g/mol. The summed E-state index contributed by atoms with van der Waals surface area (Å²) in [5.41, 5.74) is 4.55. The molecule has 6 nitrogen and oxygen atoms in total. The Bertz CT molecular complexity index is 536. The van der Waals surface area contributed by atoms with Crippen LogP contribution in [0.25, 0.3) is 0 Å². The number of hydrazine groups is 1. The number of nitrogens with two attached hydrogens (primary N) is 1. The van der Waals surface area contributed by atoms with Gasteiger partial charge >= 0.3 is 0 Å². The van der Waals surface area contributed by atoms with Crippen LogP contribution in [0.1, 0.15) is 30.9 Å². The van der Waals surface area contributed by atoms with Gasteiger partial charge in [0, 0.05) is 25.4 Å². The largest absolute Gasteiger partial charge is 0.381 e. The molecule has 0 aliphatic carbocycles. The van der Waals surface area contributed by atoms with Gasteiger partial charge in [0.25, 0.3) is 0 Å². The predicted octanol–water partition coefficient (Wildman–Crippen LogP) is 1.68. The van der Waals surface area contributed by atoms with E-state index in [-0.39, 0.29) is 0 Å². The van der Waals surface area contributed by atoms with Crippen LogP contribution < -0.4 is 16.0 Å². The van der Waals surface area contributed by atoms with Crippen molar-refractivity contribution >= 4 is 15.7 Å². The number of nitrogens with one attached hydrogen (secondary N) is 2. The number of ether oxygens (including phenoxy) is 1. The van der Waals surface area contributed by atoms with Crippen molar-refractivity contribution in [2.75, 3.05) is 25.2 Å². The highest BCUT2D eigenvalue weighted by atomic mass is 32.2. The SMILES string of the molecule is CCCOCCCNS(=O)(=O)c1c(C)cc(NN)cc1C. The maximum absolute atomic E-state index is 12.4. The van der Waals surface area contributed by atoms with Crippen LogP contribution in [0.2, 0.25) is 0 Å². The molecule has 0 aliphatic rings. The number of sulfonamides is 1. The molecule has 0 heterocycles. The van der Waals surface area contributed by atoms with Crippen molar-refractivity contribution in [1.29, 1.82) is 0 Å². The topological polar surface area (TPSA) is 93.4 Å². The molecule has 1 rings (SSSR count). The zero-order valence-electron chi connectivity index (χ0n) is 12.9. The van der Waals surface area contributed by atoms with Crippen molar-refractivity contribution < 1.29 is 13.2 Å². The normalized spacial score (nSPS) is 11.6. The van der Waals surface area contributed by atoms with Crippen molar-refractivity contribution in [3.05, 3.63) is 23.3 Å². The molecule has 0 atom stereocenters. The van der Waals surface area contributed by atoms with Crippen LogP contribution in [0.15, 0.2) is 17.0 Å². The third-order valence-electron chi connectivity index (χ3n) is 3.00. The lowest BCUT2D eigenvalue weighted by Gasteiger charge is -2.14. The molecular formula is C14H25N3O3S. The van der Waals surface area contributed by atoms with E-state index in [2.05, 4.69) is 10.1 Å². The number of rotatable bonds is 9. The monoisotopic (exact) mass is 315 g/mol. The summed E-state index contributed by atoms with van der Waals surface area (Å²) in [7, 11) is -3.51. The fourth-order valence-electron chi connectivity index (χ4n) is 2.16. The van der Waals surface area contributed by atoms with Gasteiger partial charge in [-0.05, 0) is 49.9 Å². The minimum absolute atomic E-state index is 0.316. The molecule has 4 N–H and O–H groups in total. The number of benzene rings is 1. The fraction of sp³-hybridized carbons (Fsp3) is 0.571. The molecule has 7 heteroatoms. The van der Waals surface area contributed by atoms with Gasteiger partial charge in [-0.25, -0.2) is 13.1 Å². The predicted molar refractivity (Wildman–Crippen MR) is 84.6 cm³/mol. The number of anilines is 1. The van der Waals surface area contributed by atoms with Gasteiger partial charge < -0.3 is 10.2 Å². The average Bonchev–Trinajstić information content (AvgIpc) is 2.41. The van der Waals surface area contributed by atoms with E-state index < -0.39 is 10.0 Å². The van der Waals surface area contributed by atoms with Gasteiger partial charge in [-0.3, -0.25) is 5.84 Å². The van der Waals surface area contributed by atoms with E-state index in [1.807, 2.05) is 6.92 Å². The Kier molecular flexibility index (Phi) is 7.10. The molecule has 0 bridgehead atoms. The Labute approximate surface area is 127 Å². The summed E-state index contributed by atoms with van der Waals surface area (Å²) in [6.45, 7) is 7.18. The lowest BCUT2D eigenvalue weighted by atomic mass is 10.1. The summed E-state index contributed by atoms with van der Waals surface area (Å²) in [6.07, 6.45) is 1.62. The molecule has 0 unspecified atom stereocenters. The van der Waals surface area contributed by atoms with Crippen molar-refractivity contribution in [3.8, 4) is 0 Å². The Morgan fingerprint density at radius 1 is 1.19 bits per heavy atom. The lowest BCUT2D eigenvalue weighted by molar-refractivity contribution is 0.133. The van der Waals surface area contributed by atoms with E-state index in [0.29, 0.717) is 47.9 Å². The molecule has 0 aromatic heterocycles. The maximum Gasteiger partial charge on any atom is 0.241 e. The molecule has 1 aromatic carbocycles.